The van der Waals surface area contributed by atoms with Gasteiger partial charge in [-0.25, -0.2) is 21.7 Å². The Bertz CT molecular complexity index is 1610. The number of piperidine rings is 1. The molecule has 1 amide bonds. The standard InChI is InChI=1S/C26H30F2N6O4S/c27-26(28)16-33(17-26)23-15-19(13-20-3-8-29-34(20)23)30-24(36)21-2-1-18(31-39(37,38)12-11-35)14-22(21)32-9-6-25(4-5-25)7-10-32/h1-3,8,13-15,31,35H,4-7,9-12,16-17H2,(H,30,36)/i11D2. The molecule has 13 heteroatoms. The lowest BCUT2D eigenvalue weighted by atomic mass is 9.93. The molecular weight excluding hydrogens is 530 g/mol. The van der Waals surface area contributed by atoms with E-state index in [1.165, 1.54) is 40.5 Å². The number of carbonyl (C=O) groups is 1. The van der Waals surface area contributed by atoms with E-state index < -0.39 is 47.3 Å². The van der Waals surface area contributed by atoms with Gasteiger partial charge in [-0.2, -0.15) is 5.10 Å². The van der Waals surface area contributed by atoms with Crippen LogP contribution in [0.3, 0.4) is 0 Å². The Morgan fingerprint density at radius 1 is 1.05 bits per heavy atom. The number of nitrogens with zero attached hydrogens (tertiary/aromatic N) is 4. The van der Waals surface area contributed by atoms with Crippen LogP contribution in [-0.4, -0.2) is 73.5 Å². The first kappa shape index (κ1) is 23.4. The number of alkyl halides is 2. The zero-order valence-corrected chi connectivity index (χ0v) is 21.8. The van der Waals surface area contributed by atoms with E-state index in [2.05, 4.69) is 15.1 Å². The van der Waals surface area contributed by atoms with Crippen LogP contribution in [0, 0.1) is 5.41 Å². The van der Waals surface area contributed by atoms with Gasteiger partial charge in [-0.1, -0.05) is 0 Å². The van der Waals surface area contributed by atoms with Crippen LogP contribution >= 0.6 is 0 Å². The fourth-order valence-electron chi connectivity index (χ4n) is 5.43. The summed E-state index contributed by atoms with van der Waals surface area (Å²) < 4.78 is 70.3. The van der Waals surface area contributed by atoms with Crippen molar-refractivity contribution in [1.29, 1.82) is 0 Å². The van der Waals surface area contributed by atoms with Crippen LogP contribution in [0.25, 0.3) is 5.52 Å². The van der Waals surface area contributed by atoms with Crippen molar-refractivity contribution in [2.45, 2.75) is 31.6 Å². The third-order valence-electron chi connectivity index (χ3n) is 7.80. The van der Waals surface area contributed by atoms with Crippen molar-refractivity contribution in [2.75, 3.05) is 58.3 Å². The summed E-state index contributed by atoms with van der Waals surface area (Å²) >= 11 is 0. The maximum absolute atomic E-state index is 13.6. The molecule has 10 nitrogen and oxygen atoms in total. The zero-order chi connectivity index (χ0) is 29.2. The number of hydrogen-bond acceptors (Lipinski definition) is 7. The predicted molar refractivity (Wildman–Crippen MR) is 144 cm³/mol. The molecule has 2 aliphatic heterocycles. The molecule has 3 aliphatic rings. The van der Waals surface area contributed by atoms with E-state index in [1.807, 2.05) is 4.90 Å². The highest BCUT2D eigenvalue weighted by Crippen LogP contribution is 2.54. The van der Waals surface area contributed by atoms with Crippen LogP contribution in [0.2, 0.25) is 0 Å². The quantitative estimate of drug-likeness (QED) is 0.386. The molecule has 0 atom stereocenters. The van der Waals surface area contributed by atoms with Gasteiger partial charge in [-0.3, -0.25) is 9.52 Å². The van der Waals surface area contributed by atoms with Gasteiger partial charge in [0, 0.05) is 24.8 Å². The average Bonchev–Trinajstić information content (AvgIpc) is 3.42. The number of nitrogens with one attached hydrogen (secondary N) is 2. The summed E-state index contributed by atoms with van der Waals surface area (Å²) in [6, 6.07) is 9.43. The van der Waals surface area contributed by atoms with Gasteiger partial charge in [0.2, 0.25) is 10.0 Å². The second kappa shape index (κ2) is 9.33. The van der Waals surface area contributed by atoms with Gasteiger partial charge in [-0.05, 0) is 61.4 Å². The van der Waals surface area contributed by atoms with Crippen molar-refractivity contribution in [2.24, 2.45) is 5.41 Å². The van der Waals surface area contributed by atoms with E-state index in [-0.39, 0.29) is 5.69 Å². The van der Waals surface area contributed by atoms with E-state index in [1.54, 1.807) is 24.4 Å². The fourth-order valence-corrected chi connectivity index (χ4v) is 6.16. The summed E-state index contributed by atoms with van der Waals surface area (Å²) in [5.41, 5.74) is 2.31. The summed E-state index contributed by atoms with van der Waals surface area (Å²) in [6.07, 6.45) is 5.82. The molecule has 1 saturated carbocycles. The van der Waals surface area contributed by atoms with E-state index in [9.17, 15) is 27.1 Å². The van der Waals surface area contributed by atoms with Gasteiger partial charge in [0.05, 0.1) is 56.8 Å². The minimum atomic E-state index is -4.22. The minimum Gasteiger partial charge on any atom is -0.395 e. The Balaban J connectivity index is 1.29. The van der Waals surface area contributed by atoms with Crippen LogP contribution in [0.5, 0.6) is 0 Å². The van der Waals surface area contributed by atoms with E-state index >= 15 is 0 Å². The fraction of sp³-hybridized carbons (Fsp3) is 0.462. The first-order chi connectivity index (χ1) is 19.2. The van der Waals surface area contributed by atoms with Gasteiger partial charge in [0.25, 0.3) is 11.8 Å². The summed E-state index contributed by atoms with van der Waals surface area (Å²) in [6.45, 7) is -2.44. The van der Waals surface area contributed by atoms with Crippen LogP contribution < -0.4 is 19.8 Å². The first-order valence-electron chi connectivity index (χ1n) is 13.7. The number of fused-ring (bicyclic) bond motifs is 1. The van der Waals surface area contributed by atoms with Gasteiger partial charge in [0.1, 0.15) is 5.82 Å². The molecule has 1 aliphatic carbocycles. The molecule has 4 heterocycles. The Kier molecular flexibility index (Phi) is 5.61. The Morgan fingerprint density at radius 2 is 1.79 bits per heavy atom. The Morgan fingerprint density at radius 3 is 2.46 bits per heavy atom. The Hall–Kier alpha value is -3.45. The normalized spacial score (nSPS) is 20.8. The molecule has 2 aromatic heterocycles. The van der Waals surface area contributed by atoms with Gasteiger partial charge < -0.3 is 20.2 Å². The number of hydrogen-bond donors (Lipinski definition) is 3. The van der Waals surface area contributed by atoms with Crippen LogP contribution in [0.15, 0.2) is 42.6 Å². The number of anilines is 4. The van der Waals surface area contributed by atoms with Gasteiger partial charge >= 0.3 is 0 Å². The predicted octanol–water partition coefficient (Wildman–Crippen LogP) is 3.16. The monoisotopic (exact) mass is 562 g/mol. The summed E-state index contributed by atoms with van der Waals surface area (Å²) in [5.74, 6) is -3.97. The molecule has 0 bridgehead atoms. The lowest BCUT2D eigenvalue weighted by Gasteiger charge is -2.40. The Labute approximate surface area is 227 Å². The molecule has 2 saturated heterocycles. The molecule has 0 unspecified atom stereocenters. The van der Waals surface area contributed by atoms with Gasteiger partial charge in [0.15, 0.2) is 0 Å². The molecular formula is C26H30F2N6O4S. The van der Waals surface area contributed by atoms with Crippen molar-refractivity contribution >= 4 is 44.3 Å². The lowest BCUT2D eigenvalue weighted by molar-refractivity contribution is -0.0269. The smallest absolute Gasteiger partial charge is 0.282 e. The summed E-state index contributed by atoms with van der Waals surface area (Å²) in [4.78, 5) is 17.1. The molecule has 39 heavy (non-hydrogen) atoms. The van der Waals surface area contributed by atoms with E-state index in [0.717, 1.165) is 12.8 Å². The largest absolute Gasteiger partial charge is 0.395 e. The minimum absolute atomic E-state index is 0.134. The highest BCUT2D eigenvalue weighted by atomic mass is 32.2. The number of aliphatic hydroxyl groups is 1. The maximum atomic E-state index is 13.6. The summed E-state index contributed by atoms with van der Waals surface area (Å²) in [5, 5.41) is 16.4. The maximum Gasteiger partial charge on any atom is 0.282 e. The number of halogens is 2. The van der Waals surface area contributed by atoms with Crippen LogP contribution in [-0.2, 0) is 10.0 Å². The van der Waals surface area contributed by atoms with Gasteiger partial charge in [-0.15, -0.1) is 0 Å². The molecule has 3 N–H and O–H groups in total. The number of amides is 1. The third-order valence-corrected chi connectivity index (χ3v) is 8.85. The molecule has 3 fully saturated rings. The van der Waals surface area contributed by atoms with Crippen molar-refractivity contribution < 1.29 is 29.8 Å². The average molecular weight is 563 g/mol. The first-order valence-corrected chi connectivity index (χ1v) is 14.4. The highest BCUT2D eigenvalue weighted by Gasteiger charge is 2.45. The van der Waals surface area contributed by atoms with E-state index in [4.69, 9.17) is 2.74 Å². The number of rotatable bonds is 8. The van der Waals surface area contributed by atoms with Crippen molar-refractivity contribution in [1.82, 2.24) is 9.61 Å². The number of sulfonamides is 1. The SMILES string of the molecule is [2H]C([2H])(O)CS(=O)(=O)Nc1ccc(C(=O)Nc2cc(N3CC(F)(F)C3)n3nccc3c2)c(N2CCC3(CC2)CC3)c1. The third kappa shape index (κ3) is 5.24. The van der Waals surface area contributed by atoms with Crippen LogP contribution in [0.4, 0.5) is 31.7 Å². The molecule has 0 radical (unpaired) electrons. The highest BCUT2D eigenvalue weighted by molar-refractivity contribution is 7.92. The molecule has 6 rings (SSSR count). The van der Waals surface area contributed by atoms with Crippen molar-refractivity contribution in [3.05, 3.63) is 48.2 Å². The number of aromatic nitrogens is 2. The second-order valence-electron chi connectivity index (χ2n) is 10.7. The number of carbonyl (C=O) groups excluding carboxylic acids is 1. The zero-order valence-electron chi connectivity index (χ0n) is 23.0. The molecule has 1 aromatic carbocycles. The molecule has 1 spiro atoms. The summed E-state index contributed by atoms with van der Waals surface area (Å²) in [7, 11) is -4.22. The van der Waals surface area contributed by atoms with Crippen LogP contribution in [0.1, 0.15) is 38.8 Å². The molecule has 3 aromatic rings. The lowest BCUT2D eigenvalue weighted by Crippen LogP contribution is -2.57. The number of pyridine rings is 1. The van der Waals surface area contributed by atoms with Crippen molar-refractivity contribution in [3.63, 3.8) is 0 Å². The molecule has 208 valence electrons. The second-order valence-corrected chi connectivity index (χ2v) is 12.4. The van der Waals surface area contributed by atoms with Crippen molar-refractivity contribution in [3.8, 4) is 0 Å². The van der Waals surface area contributed by atoms with E-state index in [0.29, 0.717) is 46.8 Å². The number of benzene rings is 1. The topological polar surface area (TPSA) is 119 Å².